The van der Waals surface area contributed by atoms with Crippen molar-refractivity contribution in [2.45, 2.75) is 11.8 Å². The van der Waals surface area contributed by atoms with Crippen LogP contribution < -0.4 is 4.72 Å². The molecule has 0 fully saturated rings. The van der Waals surface area contributed by atoms with Crippen LogP contribution in [0.15, 0.2) is 62.4 Å². The molecule has 0 aromatic heterocycles. The highest BCUT2D eigenvalue weighted by Gasteiger charge is 2.19. The van der Waals surface area contributed by atoms with Crippen molar-refractivity contribution >= 4 is 64.6 Å². The van der Waals surface area contributed by atoms with E-state index in [0.717, 1.165) is 20.8 Å². The smallest absolute Gasteiger partial charge is 0.261 e. The fraction of sp³-hybridized carbons (Fsp3) is 0.0556. The first-order valence-electron chi connectivity index (χ1n) is 7.29. The number of aryl methyl sites for hydroxylation is 1. The summed E-state index contributed by atoms with van der Waals surface area (Å²) in [6, 6.07) is 13.7. The van der Waals surface area contributed by atoms with Gasteiger partial charge in [-0.2, -0.15) is 0 Å². The molecule has 7 heteroatoms. The second-order valence-electron chi connectivity index (χ2n) is 5.52. The monoisotopic (exact) mass is 481 g/mol. The molecule has 4 nitrogen and oxygen atoms in total. The summed E-state index contributed by atoms with van der Waals surface area (Å²) < 4.78 is 29.2. The zero-order chi connectivity index (χ0) is 18.2. The molecule has 25 heavy (non-hydrogen) atoms. The van der Waals surface area contributed by atoms with Crippen LogP contribution >= 0.6 is 31.9 Å². The lowest BCUT2D eigenvalue weighted by Gasteiger charge is -2.14. The van der Waals surface area contributed by atoms with Crippen molar-refractivity contribution in [3.63, 3.8) is 0 Å². The molecule has 0 saturated carbocycles. The van der Waals surface area contributed by atoms with Gasteiger partial charge in [0.2, 0.25) is 0 Å². The Balaban J connectivity index is 2.16. The number of anilines is 1. The quantitative estimate of drug-likeness (QED) is 0.514. The molecule has 0 atom stereocenters. The van der Waals surface area contributed by atoms with Gasteiger partial charge in [0.25, 0.3) is 10.0 Å². The molecule has 0 aliphatic rings. The number of fused-ring (bicyclic) bond motifs is 1. The van der Waals surface area contributed by atoms with Gasteiger partial charge in [0.15, 0.2) is 6.29 Å². The summed E-state index contributed by atoms with van der Waals surface area (Å²) >= 11 is 6.87. The summed E-state index contributed by atoms with van der Waals surface area (Å²) in [7, 11) is -3.81. The molecule has 0 radical (unpaired) electrons. The predicted molar refractivity (Wildman–Crippen MR) is 107 cm³/mol. The lowest BCUT2D eigenvalue weighted by molar-refractivity contribution is 0.112. The zero-order valence-electron chi connectivity index (χ0n) is 13.1. The maximum absolute atomic E-state index is 12.7. The van der Waals surface area contributed by atoms with Crippen molar-refractivity contribution < 1.29 is 13.2 Å². The Hall–Kier alpha value is -1.70. The van der Waals surface area contributed by atoms with Gasteiger partial charge in [-0.3, -0.25) is 9.52 Å². The van der Waals surface area contributed by atoms with Gasteiger partial charge in [-0.25, -0.2) is 8.42 Å². The van der Waals surface area contributed by atoms with Crippen LogP contribution in [0.5, 0.6) is 0 Å². The largest absolute Gasteiger partial charge is 0.298 e. The van der Waals surface area contributed by atoms with Gasteiger partial charge in [-0.1, -0.05) is 45.8 Å². The Kier molecular flexibility index (Phi) is 4.99. The van der Waals surface area contributed by atoms with Crippen molar-refractivity contribution in [2.24, 2.45) is 0 Å². The molecule has 1 N–H and O–H groups in total. The second-order valence-corrected chi connectivity index (χ2v) is 8.85. The highest BCUT2D eigenvalue weighted by molar-refractivity contribution is 9.11. The first kappa shape index (κ1) is 18.1. The van der Waals surface area contributed by atoms with Crippen LogP contribution in [-0.4, -0.2) is 14.7 Å². The molecule has 0 aliphatic carbocycles. The van der Waals surface area contributed by atoms with Crippen LogP contribution in [0.1, 0.15) is 15.9 Å². The number of hydrogen-bond donors (Lipinski definition) is 1. The summed E-state index contributed by atoms with van der Waals surface area (Å²) in [5, 5.41) is 1.61. The predicted octanol–water partition coefficient (Wildman–Crippen LogP) is 5.29. The maximum atomic E-state index is 12.7. The second kappa shape index (κ2) is 6.90. The number of benzene rings is 3. The van der Waals surface area contributed by atoms with E-state index in [1.807, 2.05) is 25.1 Å². The minimum absolute atomic E-state index is 0.137. The van der Waals surface area contributed by atoms with E-state index in [-0.39, 0.29) is 16.1 Å². The van der Waals surface area contributed by atoms with Crippen LogP contribution in [-0.2, 0) is 10.0 Å². The number of sulfonamides is 1. The molecule has 0 saturated heterocycles. The van der Waals surface area contributed by atoms with Crippen LogP contribution in [0.25, 0.3) is 10.8 Å². The highest BCUT2D eigenvalue weighted by atomic mass is 79.9. The fourth-order valence-electron chi connectivity index (χ4n) is 2.48. The number of aldehydes is 1. The average molecular weight is 483 g/mol. The molecule has 128 valence electrons. The van der Waals surface area contributed by atoms with E-state index in [4.69, 9.17) is 0 Å². The average Bonchev–Trinajstić information content (AvgIpc) is 2.56. The van der Waals surface area contributed by atoms with Gasteiger partial charge in [0.05, 0.1) is 16.1 Å². The minimum atomic E-state index is -3.81. The minimum Gasteiger partial charge on any atom is -0.298 e. The van der Waals surface area contributed by atoms with E-state index >= 15 is 0 Å². The molecular formula is C18H13Br2NO3S. The van der Waals surface area contributed by atoms with E-state index in [1.165, 1.54) is 12.1 Å². The Bertz CT molecular complexity index is 1080. The number of hydrogen-bond acceptors (Lipinski definition) is 3. The van der Waals surface area contributed by atoms with Crippen molar-refractivity contribution in [1.29, 1.82) is 0 Å². The van der Waals surface area contributed by atoms with E-state index in [2.05, 4.69) is 36.6 Å². The first-order valence-corrected chi connectivity index (χ1v) is 10.4. The number of rotatable bonds is 4. The van der Waals surface area contributed by atoms with E-state index in [1.54, 1.807) is 18.2 Å². The van der Waals surface area contributed by atoms with Gasteiger partial charge >= 0.3 is 0 Å². The standard InChI is InChI=1S/C18H13Br2NO3S/c1-11-5-7-12(8-6-11)25(23,24)21-17-9-14-13(3-2-4-16(14)19)18(20)15(17)10-22/h2-10,21H,1H3. The van der Waals surface area contributed by atoms with Crippen molar-refractivity contribution in [3.8, 4) is 0 Å². The summed E-state index contributed by atoms with van der Waals surface area (Å²) in [5.74, 6) is 0. The van der Waals surface area contributed by atoms with Gasteiger partial charge in [0, 0.05) is 8.95 Å². The Morgan fingerprint density at radius 2 is 1.68 bits per heavy atom. The van der Waals surface area contributed by atoms with Crippen molar-refractivity contribution in [3.05, 3.63) is 68.6 Å². The Morgan fingerprint density at radius 3 is 2.32 bits per heavy atom. The van der Waals surface area contributed by atoms with Gasteiger partial charge in [0.1, 0.15) is 0 Å². The summed E-state index contributed by atoms with van der Waals surface area (Å²) in [5.41, 5.74) is 1.44. The van der Waals surface area contributed by atoms with Gasteiger partial charge in [-0.15, -0.1) is 0 Å². The molecule has 3 aromatic carbocycles. The van der Waals surface area contributed by atoms with E-state index < -0.39 is 10.0 Å². The molecule has 0 aliphatic heterocycles. The molecule has 3 aromatic rings. The lowest BCUT2D eigenvalue weighted by atomic mass is 10.1. The summed E-state index contributed by atoms with van der Waals surface area (Å²) in [4.78, 5) is 11.7. The molecule has 0 amide bonds. The third-order valence-electron chi connectivity index (χ3n) is 3.80. The molecule has 0 heterocycles. The maximum Gasteiger partial charge on any atom is 0.261 e. The van der Waals surface area contributed by atoms with Gasteiger partial charge in [-0.05, 0) is 57.9 Å². The Morgan fingerprint density at radius 1 is 1.00 bits per heavy atom. The normalized spacial score (nSPS) is 11.5. The highest BCUT2D eigenvalue weighted by Crippen LogP contribution is 2.36. The topological polar surface area (TPSA) is 63.2 Å². The van der Waals surface area contributed by atoms with E-state index in [9.17, 15) is 13.2 Å². The van der Waals surface area contributed by atoms with Crippen LogP contribution in [0.4, 0.5) is 5.69 Å². The van der Waals surface area contributed by atoms with Crippen molar-refractivity contribution in [1.82, 2.24) is 0 Å². The van der Waals surface area contributed by atoms with Crippen molar-refractivity contribution in [2.75, 3.05) is 4.72 Å². The number of halogens is 2. The third-order valence-corrected chi connectivity index (χ3v) is 6.73. The Labute approximate surface area is 162 Å². The molecular weight excluding hydrogens is 470 g/mol. The van der Waals surface area contributed by atoms with Gasteiger partial charge < -0.3 is 0 Å². The van der Waals surface area contributed by atoms with Crippen LogP contribution in [0.2, 0.25) is 0 Å². The molecule has 0 spiro atoms. The van der Waals surface area contributed by atoms with E-state index in [0.29, 0.717) is 10.8 Å². The third kappa shape index (κ3) is 3.49. The summed E-state index contributed by atoms with van der Waals surface area (Å²) in [6.45, 7) is 1.88. The number of nitrogens with one attached hydrogen (secondary N) is 1. The summed E-state index contributed by atoms with van der Waals surface area (Å²) in [6.07, 6.45) is 0.636. The SMILES string of the molecule is Cc1ccc(S(=O)(=O)Nc2cc3c(Br)cccc3c(Br)c2C=O)cc1. The molecule has 0 unspecified atom stereocenters. The number of carbonyl (C=O) groups is 1. The number of carbonyl (C=O) groups excluding carboxylic acids is 1. The van der Waals surface area contributed by atoms with Crippen LogP contribution in [0.3, 0.4) is 0 Å². The zero-order valence-corrected chi connectivity index (χ0v) is 17.1. The molecule has 3 rings (SSSR count). The first-order chi connectivity index (χ1) is 11.8. The fourth-order valence-corrected chi connectivity index (χ4v) is 4.69. The molecule has 0 bridgehead atoms. The lowest BCUT2D eigenvalue weighted by Crippen LogP contribution is -2.14. The van der Waals surface area contributed by atoms with Crippen LogP contribution in [0, 0.1) is 6.92 Å².